The number of rotatable bonds is 4. The van der Waals surface area contributed by atoms with Crippen molar-refractivity contribution in [2.75, 3.05) is 34.7 Å². The van der Waals surface area contributed by atoms with Gasteiger partial charge in [0.2, 0.25) is 5.91 Å². The Kier molecular flexibility index (Phi) is 10.5. The standard InChI is InChI=1S/C11H24N4O.HI/c1-9(2)13-10(16)7-8-12-11(14(3)4)15(5)6;/h9H,7-8H2,1-6H3,(H,13,16);1H. The number of nitrogens with zero attached hydrogens (tertiary/aromatic N) is 3. The van der Waals surface area contributed by atoms with E-state index in [9.17, 15) is 4.79 Å². The van der Waals surface area contributed by atoms with Crippen molar-refractivity contribution in [2.24, 2.45) is 4.99 Å². The van der Waals surface area contributed by atoms with Crippen LogP contribution in [0.3, 0.4) is 0 Å². The summed E-state index contributed by atoms with van der Waals surface area (Å²) in [5, 5.41) is 2.84. The predicted molar refractivity (Wildman–Crippen MR) is 83.0 cm³/mol. The molecule has 0 aliphatic rings. The number of guanidine groups is 1. The number of carbonyl (C=O) groups is 1. The van der Waals surface area contributed by atoms with E-state index in [4.69, 9.17) is 0 Å². The van der Waals surface area contributed by atoms with Crippen LogP contribution in [0.1, 0.15) is 20.3 Å². The maximum atomic E-state index is 11.4. The van der Waals surface area contributed by atoms with Crippen LogP contribution < -0.4 is 5.32 Å². The van der Waals surface area contributed by atoms with Crippen LogP contribution >= 0.6 is 24.0 Å². The summed E-state index contributed by atoms with van der Waals surface area (Å²) in [4.78, 5) is 19.6. The van der Waals surface area contributed by atoms with Gasteiger partial charge < -0.3 is 15.1 Å². The second-order valence-electron chi connectivity index (χ2n) is 4.44. The monoisotopic (exact) mass is 356 g/mol. The number of aliphatic imine (C=N–C) groups is 1. The van der Waals surface area contributed by atoms with Gasteiger partial charge in [-0.2, -0.15) is 0 Å². The highest BCUT2D eigenvalue weighted by Crippen LogP contribution is 1.91. The molecule has 0 atom stereocenters. The third-order valence-electron chi connectivity index (χ3n) is 1.84. The predicted octanol–water partition coefficient (Wildman–Crippen LogP) is 0.998. The third kappa shape index (κ3) is 9.20. The molecule has 0 aliphatic carbocycles. The summed E-state index contributed by atoms with van der Waals surface area (Å²) in [7, 11) is 7.75. The van der Waals surface area contributed by atoms with Crippen LogP contribution in [-0.4, -0.2) is 62.4 Å². The first-order chi connectivity index (χ1) is 7.34. The smallest absolute Gasteiger partial charge is 0.222 e. The van der Waals surface area contributed by atoms with Gasteiger partial charge in [0.25, 0.3) is 0 Å². The molecule has 0 heterocycles. The van der Waals surface area contributed by atoms with E-state index < -0.39 is 0 Å². The Hall–Kier alpha value is -0.530. The highest BCUT2D eigenvalue weighted by atomic mass is 127. The molecule has 5 nitrogen and oxygen atoms in total. The maximum absolute atomic E-state index is 11.4. The highest BCUT2D eigenvalue weighted by molar-refractivity contribution is 14.0. The van der Waals surface area contributed by atoms with Gasteiger partial charge in [-0.15, -0.1) is 24.0 Å². The number of hydrogen-bond donors (Lipinski definition) is 1. The zero-order valence-electron chi connectivity index (χ0n) is 11.6. The topological polar surface area (TPSA) is 47.9 Å². The molecule has 0 bridgehead atoms. The first-order valence-corrected chi connectivity index (χ1v) is 5.53. The minimum atomic E-state index is 0. The molecule has 0 rings (SSSR count). The first-order valence-electron chi connectivity index (χ1n) is 5.53. The fourth-order valence-electron chi connectivity index (χ4n) is 1.33. The Morgan fingerprint density at radius 3 is 2.00 bits per heavy atom. The normalized spacial score (nSPS) is 9.35. The molecule has 0 aromatic carbocycles. The van der Waals surface area contributed by atoms with Gasteiger partial charge in [-0.25, -0.2) is 0 Å². The third-order valence-corrected chi connectivity index (χ3v) is 1.84. The fraction of sp³-hybridized carbons (Fsp3) is 0.818. The molecule has 0 unspecified atom stereocenters. The number of carbonyl (C=O) groups excluding carboxylic acids is 1. The number of nitrogens with one attached hydrogen (secondary N) is 1. The second kappa shape index (κ2) is 9.49. The van der Waals surface area contributed by atoms with E-state index in [2.05, 4.69) is 10.3 Å². The van der Waals surface area contributed by atoms with Crippen LogP contribution in [0.2, 0.25) is 0 Å². The van der Waals surface area contributed by atoms with E-state index in [-0.39, 0.29) is 35.9 Å². The Labute approximate surface area is 122 Å². The number of amides is 1. The maximum Gasteiger partial charge on any atom is 0.222 e. The largest absolute Gasteiger partial charge is 0.354 e. The lowest BCUT2D eigenvalue weighted by Gasteiger charge is -2.22. The van der Waals surface area contributed by atoms with Crippen molar-refractivity contribution >= 4 is 35.8 Å². The summed E-state index contributed by atoms with van der Waals surface area (Å²) in [5.74, 6) is 0.924. The molecule has 0 saturated carbocycles. The fourth-order valence-corrected chi connectivity index (χ4v) is 1.33. The number of hydrogen-bond acceptors (Lipinski definition) is 2. The molecule has 6 heteroatoms. The molecule has 0 aromatic heterocycles. The quantitative estimate of drug-likeness (QED) is 0.465. The Bertz CT molecular complexity index is 242. The average Bonchev–Trinajstić information content (AvgIpc) is 2.09. The molecule has 1 N–H and O–H groups in total. The zero-order valence-corrected chi connectivity index (χ0v) is 14.0. The lowest BCUT2D eigenvalue weighted by molar-refractivity contribution is -0.121. The van der Waals surface area contributed by atoms with Crippen LogP contribution in [0.25, 0.3) is 0 Å². The van der Waals surface area contributed by atoms with Crippen molar-refractivity contribution < 1.29 is 4.79 Å². The summed E-state index contributed by atoms with van der Waals surface area (Å²) in [6, 6.07) is 0.193. The van der Waals surface area contributed by atoms with Crippen LogP contribution in [0.15, 0.2) is 4.99 Å². The van der Waals surface area contributed by atoms with Gasteiger partial charge in [0.15, 0.2) is 5.96 Å². The Morgan fingerprint density at radius 2 is 1.65 bits per heavy atom. The van der Waals surface area contributed by atoms with Crippen molar-refractivity contribution in [1.29, 1.82) is 0 Å². The summed E-state index contributed by atoms with van der Waals surface area (Å²) < 4.78 is 0. The van der Waals surface area contributed by atoms with Crippen LogP contribution in [0, 0.1) is 0 Å². The van der Waals surface area contributed by atoms with E-state index >= 15 is 0 Å². The molecule has 102 valence electrons. The van der Waals surface area contributed by atoms with E-state index in [1.165, 1.54) is 0 Å². The van der Waals surface area contributed by atoms with Gasteiger partial charge >= 0.3 is 0 Å². The molecule has 0 fully saturated rings. The molecule has 0 aliphatic heterocycles. The van der Waals surface area contributed by atoms with E-state index in [1.54, 1.807) is 0 Å². The molecule has 17 heavy (non-hydrogen) atoms. The highest BCUT2D eigenvalue weighted by Gasteiger charge is 2.05. The lowest BCUT2D eigenvalue weighted by Crippen LogP contribution is -2.36. The van der Waals surface area contributed by atoms with Gasteiger partial charge in [-0.05, 0) is 13.8 Å². The molecule has 0 saturated heterocycles. The van der Waals surface area contributed by atoms with Gasteiger partial charge in [0, 0.05) is 40.7 Å². The van der Waals surface area contributed by atoms with Crippen LogP contribution in [0.5, 0.6) is 0 Å². The van der Waals surface area contributed by atoms with Crippen molar-refractivity contribution in [2.45, 2.75) is 26.3 Å². The molecular weight excluding hydrogens is 331 g/mol. The van der Waals surface area contributed by atoms with Crippen molar-refractivity contribution in [1.82, 2.24) is 15.1 Å². The lowest BCUT2D eigenvalue weighted by atomic mass is 10.3. The summed E-state index contributed by atoms with van der Waals surface area (Å²) in [5.41, 5.74) is 0. The van der Waals surface area contributed by atoms with Crippen LogP contribution in [-0.2, 0) is 4.79 Å². The van der Waals surface area contributed by atoms with Crippen molar-refractivity contribution in [3.8, 4) is 0 Å². The Balaban J connectivity index is 0. The minimum absolute atomic E-state index is 0. The summed E-state index contributed by atoms with van der Waals surface area (Å²) >= 11 is 0. The second-order valence-corrected chi connectivity index (χ2v) is 4.44. The van der Waals surface area contributed by atoms with Crippen LogP contribution in [0.4, 0.5) is 0 Å². The van der Waals surface area contributed by atoms with Gasteiger partial charge in [-0.3, -0.25) is 9.79 Å². The molecular formula is C11H25IN4O. The van der Waals surface area contributed by atoms with Gasteiger partial charge in [0.05, 0.1) is 6.54 Å². The van der Waals surface area contributed by atoms with Crippen molar-refractivity contribution in [3.63, 3.8) is 0 Å². The van der Waals surface area contributed by atoms with E-state index in [0.29, 0.717) is 13.0 Å². The molecule has 0 radical (unpaired) electrons. The van der Waals surface area contributed by atoms with E-state index in [0.717, 1.165) is 5.96 Å². The summed E-state index contributed by atoms with van der Waals surface area (Å²) in [6.45, 7) is 4.42. The zero-order chi connectivity index (χ0) is 12.7. The average molecular weight is 356 g/mol. The molecule has 1 amide bonds. The molecule has 0 aromatic rings. The number of halogens is 1. The SMILES string of the molecule is CC(C)NC(=O)CCN=C(N(C)C)N(C)C.I. The molecule has 0 spiro atoms. The van der Waals surface area contributed by atoms with Gasteiger partial charge in [0.1, 0.15) is 0 Å². The minimum Gasteiger partial charge on any atom is -0.354 e. The first kappa shape index (κ1) is 18.8. The van der Waals surface area contributed by atoms with E-state index in [1.807, 2.05) is 51.8 Å². The Morgan fingerprint density at radius 1 is 1.18 bits per heavy atom. The van der Waals surface area contributed by atoms with Crippen molar-refractivity contribution in [3.05, 3.63) is 0 Å². The van der Waals surface area contributed by atoms with Gasteiger partial charge in [-0.1, -0.05) is 0 Å². The summed E-state index contributed by atoms with van der Waals surface area (Å²) in [6.07, 6.45) is 0.434.